The Hall–Kier alpha value is -1.29. The summed E-state index contributed by atoms with van der Waals surface area (Å²) in [5.41, 5.74) is 0.876. The zero-order valence-electron chi connectivity index (χ0n) is 10.1. The lowest BCUT2D eigenvalue weighted by molar-refractivity contribution is 0.412. The molecule has 1 saturated heterocycles. The maximum atomic E-state index is 13.1. The van der Waals surface area contributed by atoms with Crippen molar-refractivity contribution in [3.05, 3.63) is 24.0 Å². The minimum absolute atomic E-state index is 0.269. The van der Waals surface area contributed by atoms with Crippen molar-refractivity contribution in [1.29, 1.82) is 0 Å². The molecule has 17 heavy (non-hydrogen) atoms. The summed E-state index contributed by atoms with van der Waals surface area (Å²) < 4.78 is 18.2. The van der Waals surface area contributed by atoms with Crippen LogP contribution in [0.3, 0.4) is 0 Å². The molecule has 2 N–H and O–H groups in total. The minimum Gasteiger partial charge on any atom is -0.494 e. The maximum Gasteiger partial charge on any atom is 0.144 e. The van der Waals surface area contributed by atoms with Gasteiger partial charge in [-0.15, -0.1) is 0 Å². The second kappa shape index (κ2) is 5.87. The highest BCUT2D eigenvalue weighted by Crippen LogP contribution is 2.26. The fourth-order valence-electron chi connectivity index (χ4n) is 2.17. The molecule has 94 valence electrons. The van der Waals surface area contributed by atoms with Gasteiger partial charge >= 0.3 is 0 Å². The average molecular weight is 238 g/mol. The molecule has 1 unspecified atom stereocenters. The van der Waals surface area contributed by atoms with Crippen LogP contribution in [0.25, 0.3) is 0 Å². The molecule has 0 amide bonds. The van der Waals surface area contributed by atoms with Crippen molar-refractivity contribution < 1.29 is 9.13 Å². The second-order valence-electron chi connectivity index (χ2n) is 4.37. The molecule has 1 heterocycles. The van der Waals surface area contributed by atoms with Gasteiger partial charge in [0.2, 0.25) is 0 Å². The predicted molar refractivity (Wildman–Crippen MR) is 67.1 cm³/mol. The van der Waals surface area contributed by atoms with Crippen LogP contribution >= 0.6 is 0 Å². The molecular weight excluding hydrogens is 219 g/mol. The molecule has 3 nitrogen and oxygen atoms in total. The van der Waals surface area contributed by atoms with Crippen molar-refractivity contribution in [3.63, 3.8) is 0 Å². The molecule has 0 spiro atoms. The van der Waals surface area contributed by atoms with Crippen LogP contribution in [0.5, 0.6) is 5.75 Å². The Morgan fingerprint density at radius 1 is 1.35 bits per heavy atom. The summed E-state index contributed by atoms with van der Waals surface area (Å²) >= 11 is 0. The van der Waals surface area contributed by atoms with Gasteiger partial charge in [-0.3, -0.25) is 0 Å². The third-order valence-electron chi connectivity index (χ3n) is 3.10. The molecule has 4 heteroatoms. The lowest BCUT2D eigenvalue weighted by Gasteiger charge is -2.19. The molecule has 1 aliphatic rings. The Labute approximate surface area is 101 Å². The summed E-state index contributed by atoms with van der Waals surface area (Å²) in [5, 5.41) is 6.81. The number of rotatable bonds is 3. The molecule has 1 aliphatic heterocycles. The highest BCUT2D eigenvalue weighted by atomic mass is 19.1. The molecule has 0 aromatic heterocycles. The van der Waals surface area contributed by atoms with Crippen LogP contribution in [0.15, 0.2) is 18.2 Å². The second-order valence-corrected chi connectivity index (χ2v) is 4.37. The first kappa shape index (κ1) is 12.2. The molecule has 1 aromatic carbocycles. The zero-order valence-corrected chi connectivity index (χ0v) is 10.1. The van der Waals surface area contributed by atoms with E-state index in [1.807, 2.05) is 0 Å². The third-order valence-corrected chi connectivity index (χ3v) is 3.10. The Kier molecular flexibility index (Phi) is 4.20. The van der Waals surface area contributed by atoms with Gasteiger partial charge in [0.25, 0.3) is 0 Å². The molecule has 0 aliphatic carbocycles. The fourth-order valence-corrected chi connectivity index (χ4v) is 2.17. The van der Waals surface area contributed by atoms with Crippen LogP contribution in [0.2, 0.25) is 0 Å². The zero-order chi connectivity index (χ0) is 12.1. The van der Waals surface area contributed by atoms with E-state index in [0.29, 0.717) is 11.8 Å². The number of benzene rings is 1. The maximum absolute atomic E-state index is 13.1. The molecule has 0 saturated carbocycles. The summed E-state index contributed by atoms with van der Waals surface area (Å²) in [6.07, 6.45) is 3.38. The van der Waals surface area contributed by atoms with Crippen molar-refractivity contribution in [2.75, 3.05) is 25.5 Å². The van der Waals surface area contributed by atoms with E-state index in [4.69, 9.17) is 4.74 Å². The van der Waals surface area contributed by atoms with Crippen molar-refractivity contribution >= 4 is 5.69 Å². The summed E-state index contributed by atoms with van der Waals surface area (Å²) in [6, 6.07) is 5.05. The van der Waals surface area contributed by atoms with Crippen LogP contribution in [0, 0.1) is 5.82 Å². The van der Waals surface area contributed by atoms with E-state index in [1.54, 1.807) is 13.2 Å². The van der Waals surface area contributed by atoms with E-state index in [-0.39, 0.29) is 5.82 Å². The summed E-state index contributed by atoms with van der Waals surface area (Å²) in [5.74, 6) is 0.303. The van der Waals surface area contributed by atoms with Gasteiger partial charge in [0, 0.05) is 12.1 Å². The topological polar surface area (TPSA) is 33.3 Å². The standard InChI is InChI=1S/C13H19FN2O/c1-17-13-9-10(14)4-5-12(13)16-11-3-2-7-15-8-6-11/h4-5,9,11,15-16H,2-3,6-8H2,1H3. The molecule has 1 atom stereocenters. The van der Waals surface area contributed by atoms with Gasteiger partial charge in [-0.1, -0.05) is 0 Å². The highest BCUT2D eigenvalue weighted by molar-refractivity contribution is 5.57. The normalized spacial score (nSPS) is 20.7. The Bertz CT molecular complexity index is 362. The van der Waals surface area contributed by atoms with E-state index >= 15 is 0 Å². The predicted octanol–water partition coefficient (Wildman–Crippen LogP) is 2.39. The molecule has 1 aromatic rings. The van der Waals surface area contributed by atoms with Gasteiger partial charge < -0.3 is 15.4 Å². The number of ether oxygens (including phenoxy) is 1. The van der Waals surface area contributed by atoms with Crippen LogP contribution in [-0.2, 0) is 0 Å². The van der Waals surface area contributed by atoms with E-state index in [0.717, 1.165) is 31.6 Å². The monoisotopic (exact) mass is 238 g/mol. The Balaban J connectivity index is 2.06. The third kappa shape index (κ3) is 3.33. The van der Waals surface area contributed by atoms with Crippen molar-refractivity contribution in [2.45, 2.75) is 25.3 Å². The van der Waals surface area contributed by atoms with Gasteiger partial charge in [0.15, 0.2) is 0 Å². The van der Waals surface area contributed by atoms with Crippen molar-refractivity contribution in [1.82, 2.24) is 5.32 Å². The molecule has 0 bridgehead atoms. The Morgan fingerprint density at radius 2 is 2.24 bits per heavy atom. The lowest BCUT2D eigenvalue weighted by atomic mass is 10.1. The van der Waals surface area contributed by atoms with Gasteiger partial charge in [0.1, 0.15) is 11.6 Å². The number of halogens is 1. The van der Waals surface area contributed by atoms with E-state index < -0.39 is 0 Å². The number of methoxy groups -OCH3 is 1. The molecule has 0 radical (unpaired) electrons. The SMILES string of the molecule is COc1cc(F)ccc1NC1CCCNCC1. The summed E-state index contributed by atoms with van der Waals surface area (Å²) in [7, 11) is 1.56. The van der Waals surface area contributed by atoms with E-state index in [2.05, 4.69) is 10.6 Å². The van der Waals surface area contributed by atoms with Gasteiger partial charge in [-0.25, -0.2) is 4.39 Å². The lowest BCUT2D eigenvalue weighted by Crippen LogP contribution is -2.21. The van der Waals surface area contributed by atoms with Crippen molar-refractivity contribution in [3.8, 4) is 5.75 Å². The molecule has 1 fully saturated rings. The van der Waals surface area contributed by atoms with Gasteiger partial charge in [-0.05, 0) is 44.5 Å². The smallest absolute Gasteiger partial charge is 0.144 e. The summed E-state index contributed by atoms with van der Waals surface area (Å²) in [6.45, 7) is 2.11. The van der Waals surface area contributed by atoms with E-state index in [9.17, 15) is 4.39 Å². The number of hydrogen-bond donors (Lipinski definition) is 2. The number of hydrogen-bond acceptors (Lipinski definition) is 3. The van der Waals surface area contributed by atoms with Crippen molar-refractivity contribution in [2.24, 2.45) is 0 Å². The quantitative estimate of drug-likeness (QED) is 0.848. The summed E-state index contributed by atoms with van der Waals surface area (Å²) in [4.78, 5) is 0. The van der Waals surface area contributed by atoms with Crippen LogP contribution in [-0.4, -0.2) is 26.2 Å². The van der Waals surface area contributed by atoms with Crippen LogP contribution < -0.4 is 15.4 Å². The minimum atomic E-state index is -0.269. The van der Waals surface area contributed by atoms with Crippen LogP contribution in [0.4, 0.5) is 10.1 Å². The first-order valence-electron chi connectivity index (χ1n) is 6.10. The number of nitrogens with one attached hydrogen (secondary N) is 2. The largest absolute Gasteiger partial charge is 0.494 e. The number of anilines is 1. The first-order valence-corrected chi connectivity index (χ1v) is 6.10. The van der Waals surface area contributed by atoms with Crippen LogP contribution in [0.1, 0.15) is 19.3 Å². The van der Waals surface area contributed by atoms with Gasteiger partial charge in [0.05, 0.1) is 12.8 Å². The van der Waals surface area contributed by atoms with Gasteiger partial charge in [-0.2, -0.15) is 0 Å². The fraction of sp³-hybridized carbons (Fsp3) is 0.538. The van der Waals surface area contributed by atoms with E-state index in [1.165, 1.54) is 18.6 Å². The first-order chi connectivity index (χ1) is 8.29. The average Bonchev–Trinajstić information content (AvgIpc) is 2.60. The highest BCUT2D eigenvalue weighted by Gasteiger charge is 2.13. The molecule has 2 rings (SSSR count). The Morgan fingerprint density at radius 3 is 3.06 bits per heavy atom. The molecular formula is C13H19FN2O.